The minimum absolute atomic E-state index is 0.0191. The number of carbonyl (C=O) groups is 2. The number of fused-ring (bicyclic) bond motifs is 5. The number of aromatic amines is 1. The van der Waals surface area contributed by atoms with Crippen molar-refractivity contribution in [2.24, 2.45) is 0 Å². The molecule has 6 rings (SSSR count). The van der Waals surface area contributed by atoms with Gasteiger partial charge < -0.3 is 14.8 Å². The molecular formula is C28H23ClFN3O2. The first-order valence-electron chi connectivity index (χ1n) is 11.6. The molecule has 1 N–H and O–H groups in total. The van der Waals surface area contributed by atoms with E-state index < -0.39 is 5.54 Å². The average Bonchev–Trinajstić information content (AvgIpc) is 3.25. The van der Waals surface area contributed by atoms with Gasteiger partial charge in [-0.3, -0.25) is 9.59 Å². The van der Waals surface area contributed by atoms with Gasteiger partial charge in [0.1, 0.15) is 12.4 Å². The van der Waals surface area contributed by atoms with E-state index in [2.05, 4.69) is 11.1 Å². The molecule has 0 saturated carbocycles. The van der Waals surface area contributed by atoms with Crippen molar-refractivity contribution in [2.75, 3.05) is 13.1 Å². The van der Waals surface area contributed by atoms with Crippen molar-refractivity contribution >= 4 is 34.3 Å². The van der Waals surface area contributed by atoms with E-state index in [0.717, 1.165) is 33.3 Å². The van der Waals surface area contributed by atoms with Gasteiger partial charge in [0.25, 0.3) is 5.91 Å². The molecule has 0 radical (unpaired) electrons. The van der Waals surface area contributed by atoms with Crippen LogP contribution in [0.4, 0.5) is 4.39 Å². The molecule has 4 aromatic rings. The number of para-hydroxylation sites is 1. The van der Waals surface area contributed by atoms with Gasteiger partial charge >= 0.3 is 0 Å². The lowest BCUT2D eigenvalue weighted by Gasteiger charge is -2.51. The Kier molecular flexibility index (Phi) is 4.97. The normalized spacial score (nSPS) is 21.9. The topological polar surface area (TPSA) is 56.4 Å². The van der Waals surface area contributed by atoms with Crippen LogP contribution >= 0.6 is 11.6 Å². The van der Waals surface area contributed by atoms with Gasteiger partial charge in [-0.05, 0) is 53.9 Å². The lowest BCUT2D eigenvalue weighted by Crippen LogP contribution is -2.67. The lowest BCUT2D eigenvalue weighted by molar-refractivity contribution is -0.166. The second kappa shape index (κ2) is 7.95. The zero-order chi connectivity index (χ0) is 24.3. The summed E-state index contributed by atoms with van der Waals surface area (Å²) in [6.45, 7) is 2.44. The Balaban J connectivity index is 1.49. The quantitative estimate of drug-likeness (QED) is 0.432. The second-order valence-corrected chi connectivity index (χ2v) is 9.86. The molecule has 3 heterocycles. The number of amides is 2. The van der Waals surface area contributed by atoms with Crippen molar-refractivity contribution in [1.82, 2.24) is 14.8 Å². The summed E-state index contributed by atoms with van der Waals surface area (Å²) in [5.41, 5.74) is 3.34. The molecule has 3 aromatic carbocycles. The van der Waals surface area contributed by atoms with E-state index in [1.807, 2.05) is 49.4 Å². The van der Waals surface area contributed by atoms with Crippen LogP contribution in [0.2, 0.25) is 5.02 Å². The number of carbonyl (C=O) groups excluding carboxylic acids is 2. The number of rotatable bonds is 3. The average molecular weight is 488 g/mol. The van der Waals surface area contributed by atoms with Gasteiger partial charge in [-0.2, -0.15) is 0 Å². The fourth-order valence-electron chi connectivity index (χ4n) is 5.61. The SMILES string of the molecule is C[C@]12C(=O)N(Cc3ccc(F)cc3)CC(=O)N1CC(c1ccc(Cl)cc1)c1c2[nH]c2ccccc12. The summed E-state index contributed by atoms with van der Waals surface area (Å²) in [5.74, 6) is -0.704. The first-order chi connectivity index (χ1) is 16.9. The molecule has 0 aliphatic carbocycles. The number of hydrogen-bond donors (Lipinski definition) is 1. The Morgan fingerprint density at radius 2 is 1.74 bits per heavy atom. The highest BCUT2D eigenvalue weighted by molar-refractivity contribution is 6.30. The maximum atomic E-state index is 14.0. The second-order valence-electron chi connectivity index (χ2n) is 9.43. The summed E-state index contributed by atoms with van der Waals surface area (Å²) in [6.07, 6.45) is 0. The smallest absolute Gasteiger partial charge is 0.255 e. The van der Waals surface area contributed by atoms with Crippen LogP contribution in [0.5, 0.6) is 0 Å². The zero-order valence-corrected chi connectivity index (χ0v) is 19.8. The molecule has 5 nitrogen and oxygen atoms in total. The summed E-state index contributed by atoms with van der Waals surface area (Å²) in [4.78, 5) is 34.4. The number of nitrogens with zero attached hydrogens (tertiary/aromatic N) is 2. The highest BCUT2D eigenvalue weighted by Crippen LogP contribution is 2.48. The number of nitrogens with one attached hydrogen (secondary N) is 1. The van der Waals surface area contributed by atoms with Crippen molar-refractivity contribution in [3.63, 3.8) is 0 Å². The van der Waals surface area contributed by atoms with E-state index in [1.54, 1.807) is 21.9 Å². The molecule has 2 aliphatic heterocycles. The predicted octanol–water partition coefficient (Wildman–Crippen LogP) is 5.19. The largest absolute Gasteiger partial charge is 0.356 e. The molecule has 1 aromatic heterocycles. The Morgan fingerprint density at radius 3 is 2.49 bits per heavy atom. The number of benzene rings is 3. The van der Waals surface area contributed by atoms with Crippen molar-refractivity contribution in [2.45, 2.75) is 24.9 Å². The summed E-state index contributed by atoms with van der Waals surface area (Å²) in [6, 6.07) is 21.7. The van der Waals surface area contributed by atoms with E-state index >= 15 is 0 Å². The van der Waals surface area contributed by atoms with Crippen LogP contribution in [0.15, 0.2) is 72.8 Å². The standard InChI is InChI=1S/C28H23ClFN3O2/c1-28-26-25(21-4-2-3-5-23(21)31-26)22(18-8-10-19(29)11-9-18)15-33(28)24(34)16-32(27(28)35)14-17-6-12-20(30)13-7-17/h2-13,22,31H,14-16H2,1H3/t22?,28-/m0/s1. The Bertz CT molecular complexity index is 1460. The molecule has 1 saturated heterocycles. The number of hydrogen-bond acceptors (Lipinski definition) is 2. The van der Waals surface area contributed by atoms with Gasteiger partial charge in [0.15, 0.2) is 5.54 Å². The minimum atomic E-state index is -1.17. The van der Waals surface area contributed by atoms with E-state index in [0.29, 0.717) is 11.6 Å². The van der Waals surface area contributed by atoms with Crippen molar-refractivity contribution in [1.29, 1.82) is 0 Å². The van der Waals surface area contributed by atoms with Gasteiger partial charge in [0.05, 0.1) is 5.69 Å². The molecule has 7 heteroatoms. The number of piperazine rings is 1. The third-order valence-electron chi connectivity index (χ3n) is 7.38. The molecule has 1 unspecified atom stereocenters. The summed E-state index contributed by atoms with van der Waals surface area (Å²) >= 11 is 6.15. The molecule has 0 bridgehead atoms. The minimum Gasteiger partial charge on any atom is -0.356 e. The van der Waals surface area contributed by atoms with Crippen LogP contribution in [0.1, 0.15) is 35.2 Å². The summed E-state index contributed by atoms with van der Waals surface area (Å²) < 4.78 is 13.4. The van der Waals surface area contributed by atoms with Crippen LogP contribution in [-0.4, -0.2) is 39.7 Å². The monoisotopic (exact) mass is 487 g/mol. The van der Waals surface area contributed by atoms with Gasteiger partial charge in [0, 0.05) is 34.9 Å². The molecule has 2 atom stereocenters. The van der Waals surface area contributed by atoms with E-state index in [4.69, 9.17) is 11.6 Å². The Hall–Kier alpha value is -3.64. The maximum absolute atomic E-state index is 14.0. The summed E-state index contributed by atoms with van der Waals surface area (Å²) in [7, 11) is 0. The molecule has 176 valence electrons. The number of halogens is 2. The van der Waals surface area contributed by atoms with Gasteiger partial charge in [0.2, 0.25) is 5.91 Å². The van der Waals surface area contributed by atoms with Gasteiger partial charge in [-0.1, -0.05) is 54.1 Å². The molecule has 0 spiro atoms. The first-order valence-corrected chi connectivity index (χ1v) is 11.9. The van der Waals surface area contributed by atoms with E-state index in [1.165, 1.54) is 12.1 Å². The molecule has 2 amide bonds. The van der Waals surface area contributed by atoms with Crippen LogP contribution in [-0.2, 0) is 21.7 Å². The van der Waals surface area contributed by atoms with Gasteiger partial charge in [-0.15, -0.1) is 0 Å². The highest BCUT2D eigenvalue weighted by Gasteiger charge is 2.56. The third-order valence-corrected chi connectivity index (χ3v) is 7.63. The molecular weight excluding hydrogens is 465 g/mol. The predicted molar refractivity (Wildman–Crippen MR) is 132 cm³/mol. The van der Waals surface area contributed by atoms with Crippen molar-refractivity contribution in [3.8, 4) is 0 Å². The van der Waals surface area contributed by atoms with E-state index in [-0.39, 0.29) is 36.6 Å². The van der Waals surface area contributed by atoms with Gasteiger partial charge in [-0.25, -0.2) is 4.39 Å². The third kappa shape index (κ3) is 3.35. The van der Waals surface area contributed by atoms with Crippen LogP contribution in [0.25, 0.3) is 10.9 Å². The molecule has 2 aliphatic rings. The van der Waals surface area contributed by atoms with E-state index in [9.17, 15) is 14.0 Å². The first kappa shape index (κ1) is 21.9. The van der Waals surface area contributed by atoms with Crippen LogP contribution < -0.4 is 0 Å². The lowest BCUT2D eigenvalue weighted by atomic mass is 9.76. The maximum Gasteiger partial charge on any atom is 0.255 e. The number of aromatic nitrogens is 1. The molecule has 35 heavy (non-hydrogen) atoms. The van der Waals surface area contributed by atoms with Crippen LogP contribution in [0.3, 0.4) is 0 Å². The number of H-pyrrole nitrogens is 1. The summed E-state index contributed by atoms with van der Waals surface area (Å²) in [5, 5.41) is 1.69. The fraction of sp³-hybridized carbons (Fsp3) is 0.214. The van der Waals surface area contributed by atoms with Crippen molar-refractivity contribution < 1.29 is 14.0 Å². The van der Waals surface area contributed by atoms with Crippen molar-refractivity contribution in [3.05, 3.63) is 106 Å². The molecule has 1 fully saturated rings. The fourth-order valence-corrected chi connectivity index (χ4v) is 5.73. The Morgan fingerprint density at radius 1 is 1.03 bits per heavy atom. The van der Waals surface area contributed by atoms with Crippen LogP contribution in [0, 0.1) is 5.82 Å². The zero-order valence-electron chi connectivity index (χ0n) is 19.1. The highest BCUT2D eigenvalue weighted by atomic mass is 35.5. The Labute approximate surface area is 207 Å².